The number of para-hydroxylation sites is 1. The molecule has 0 saturated heterocycles. The summed E-state index contributed by atoms with van der Waals surface area (Å²) in [5.41, 5.74) is 1.70. The molecule has 0 spiro atoms. The molecular weight excluding hydrogens is 332 g/mol. The highest BCUT2D eigenvalue weighted by Crippen LogP contribution is 2.40. The number of nitrogens with one attached hydrogen (secondary N) is 1. The molecule has 24 heavy (non-hydrogen) atoms. The number of thiazole rings is 1. The van der Waals surface area contributed by atoms with Gasteiger partial charge in [0.2, 0.25) is 0 Å². The SMILES string of the molecule is COC(=O)N1c2ccccc2[C@@H](Nc2ncc([N+](=O)[O-])s2)C[C@H]1C. The molecule has 0 bridgehead atoms. The van der Waals surface area contributed by atoms with Crippen molar-refractivity contribution >= 4 is 33.3 Å². The molecule has 126 valence electrons. The largest absolute Gasteiger partial charge is 0.452 e. The molecule has 9 heteroatoms. The minimum absolute atomic E-state index is 0.00849. The van der Waals surface area contributed by atoms with Crippen molar-refractivity contribution in [2.45, 2.75) is 25.4 Å². The lowest BCUT2D eigenvalue weighted by molar-refractivity contribution is -0.380. The second kappa shape index (κ2) is 6.44. The third kappa shape index (κ3) is 2.90. The third-order valence-electron chi connectivity index (χ3n) is 3.93. The molecule has 2 heterocycles. The van der Waals surface area contributed by atoms with Gasteiger partial charge in [-0.25, -0.2) is 9.78 Å². The van der Waals surface area contributed by atoms with Crippen molar-refractivity contribution < 1.29 is 14.5 Å². The van der Waals surface area contributed by atoms with E-state index in [1.165, 1.54) is 13.3 Å². The molecule has 1 N–H and O–H groups in total. The Morgan fingerprint density at radius 3 is 2.92 bits per heavy atom. The Bertz CT molecular complexity index is 778. The average molecular weight is 348 g/mol. The molecule has 1 aromatic heterocycles. The third-order valence-corrected chi connectivity index (χ3v) is 4.81. The summed E-state index contributed by atoms with van der Waals surface area (Å²) in [6.45, 7) is 1.94. The number of carbonyl (C=O) groups is 1. The summed E-state index contributed by atoms with van der Waals surface area (Å²) in [6, 6.07) is 7.36. The normalized spacial score (nSPS) is 19.5. The summed E-state index contributed by atoms with van der Waals surface area (Å²) in [5.74, 6) is 0. The number of nitro groups is 1. The second-order valence-electron chi connectivity index (χ2n) is 5.44. The summed E-state index contributed by atoms with van der Waals surface area (Å²) in [5, 5.41) is 14.5. The molecule has 0 aliphatic carbocycles. The van der Waals surface area contributed by atoms with E-state index in [0.717, 1.165) is 22.6 Å². The van der Waals surface area contributed by atoms with Gasteiger partial charge in [0.25, 0.3) is 0 Å². The first-order valence-electron chi connectivity index (χ1n) is 7.34. The van der Waals surface area contributed by atoms with Crippen molar-refractivity contribution in [3.05, 3.63) is 46.1 Å². The summed E-state index contributed by atoms with van der Waals surface area (Å²) >= 11 is 0.996. The molecular formula is C15H16N4O4S. The Kier molecular flexibility index (Phi) is 4.34. The maximum atomic E-state index is 12.1. The van der Waals surface area contributed by atoms with Crippen molar-refractivity contribution in [3.8, 4) is 0 Å². The Labute approximate surface area is 142 Å². The summed E-state index contributed by atoms with van der Waals surface area (Å²) in [7, 11) is 1.36. The van der Waals surface area contributed by atoms with Crippen molar-refractivity contribution in [3.63, 3.8) is 0 Å². The Morgan fingerprint density at radius 1 is 1.50 bits per heavy atom. The molecule has 1 aliphatic heterocycles. The zero-order chi connectivity index (χ0) is 17.3. The first kappa shape index (κ1) is 16.2. The predicted octanol–water partition coefficient (Wildman–Crippen LogP) is 3.57. The van der Waals surface area contributed by atoms with E-state index >= 15 is 0 Å². The molecule has 2 aromatic rings. The highest BCUT2D eigenvalue weighted by molar-refractivity contribution is 7.18. The molecule has 0 unspecified atom stereocenters. The van der Waals surface area contributed by atoms with Crippen LogP contribution >= 0.6 is 11.3 Å². The van der Waals surface area contributed by atoms with Crippen LogP contribution in [0, 0.1) is 10.1 Å². The fourth-order valence-corrected chi connectivity index (χ4v) is 3.58. The van der Waals surface area contributed by atoms with Crippen LogP contribution in [0.4, 0.5) is 20.6 Å². The minimum atomic E-state index is -0.459. The lowest BCUT2D eigenvalue weighted by atomic mass is 9.92. The van der Waals surface area contributed by atoms with Gasteiger partial charge in [-0.15, -0.1) is 0 Å². The number of hydrogen-bond donors (Lipinski definition) is 1. The van der Waals surface area contributed by atoms with Crippen LogP contribution in [0.2, 0.25) is 0 Å². The van der Waals surface area contributed by atoms with Crippen LogP contribution in [0.1, 0.15) is 24.9 Å². The number of amides is 1. The number of carbonyl (C=O) groups excluding carboxylic acids is 1. The highest BCUT2D eigenvalue weighted by atomic mass is 32.1. The van der Waals surface area contributed by atoms with E-state index in [4.69, 9.17) is 4.74 Å². The number of methoxy groups -OCH3 is 1. The van der Waals surface area contributed by atoms with Crippen LogP contribution in [0.5, 0.6) is 0 Å². The maximum Gasteiger partial charge on any atom is 0.414 e. The first-order chi connectivity index (χ1) is 11.5. The van der Waals surface area contributed by atoms with Gasteiger partial charge in [0.1, 0.15) is 6.20 Å². The number of benzene rings is 1. The molecule has 1 aliphatic rings. The second-order valence-corrected chi connectivity index (χ2v) is 6.45. The molecule has 1 amide bonds. The molecule has 2 atom stereocenters. The summed E-state index contributed by atoms with van der Waals surface area (Å²) < 4.78 is 4.88. The molecule has 3 rings (SSSR count). The highest BCUT2D eigenvalue weighted by Gasteiger charge is 2.34. The topological polar surface area (TPSA) is 97.6 Å². The quantitative estimate of drug-likeness (QED) is 0.672. The molecule has 0 fully saturated rings. The summed E-state index contributed by atoms with van der Waals surface area (Å²) in [4.78, 5) is 28.1. The van der Waals surface area contributed by atoms with Crippen molar-refractivity contribution in [2.24, 2.45) is 0 Å². The number of aromatic nitrogens is 1. The van der Waals surface area contributed by atoms with Crippen LogP contribution in [-0.4, -0.2) is 29.2 Å². The van der Waals surface area contributed by atoms with Gasteiger partial charge in [0.15, 0.2) is 5.13 Å². The zero-order valence-corrected chi connectivity index (χ0v) is 13.9. The summed E-state index contributed by atoms with van der Waals surface area (Å²) in [6.07, 6.45) is 1.48. The number of ether oxygens (including phenoxy) is 1. The number of nitrogens with zero attached hydrogens (tertiary/aromatic N) is 3. The number of hydrogen-bond acceptors (Lipinski definition) is 7. The van der Waals surface area contributed by atoms with E-state index in [0.29, 0.717) is 11.6 Å². The molecule has 1 aromatic carbocycles. The molecule has 8 nitrogen and oxygen atoms in total. The zero-order valence-electron chi connectivity index (χ0n) is 13.1. The van der Waals surface area contributed by atoms with Crippen molar-refractivity contribution in [2.75, 3.05) is 17.3 Å². The minimum Gasteiger partial charge on any atom is -0.452 e. The maximum absolute atomic E-state index is 12.1. The smallest absolute Gasteiger partial charge is 0.414 e. The van der Waals surface area contributed by atoms with Gasteiger partial charge in [-0.3, -0.25) is 15.0 Å². The van der Waals surface area contributed by atoms with E-state index in [1.54, 1.807) is 4.90 Å². The van der Waals surface area contributed by atoms with Gasteiger partial charge in [-0.1, -0.05) is 18.2 Å². The number of fused-ring (bicyclic) bond motifs is 1. The van der Waals surface area contributed by atoms with E-state index in [2.05, 4.69) is 10.3 Å². The number of rotatable bonds is 3. The van der Waals surface area contributed by atoms with Crippen molar-refractivity contribution in [1.82, 2.24) is 4.98 Å². The van der Waals surface area contributed by atoms with Gasteiger partial charge in [-0.05, 0) is 36.3 Å². The standard InChI is InChI=1S/C15H16N4O4S/c1-9-7-11(17-14-16-8-13(24-14)19(21)22)10-5-3-4-6-12(10)18(9)15(20)23-2/h3-6,8-9,11H,7H2,1-2H3,(H,16,17)/t9-,11+/m1/s1. The van der Waals surface area contributed by atoms with E-state index in [-0.39, 0.29) is 17.1 Å². The van der Waals surface area contributed by atoms with Gasteiger partial charge in [0, 0.05) is 6.04 Å². The Morgan fingerprint density at radius 2 is 2.25 bits per heavy atom. The van der Waals surface area contributed by atoms with Crippen LogP contribution in [0.25, 0.3) is 0 Å². The van der Waals surface area contributed by atoms with Gasteiger partial charge >= 0.3 is 11.1 Å². The van der Waals surface area contributed by atoms with Gasteiger partial charge in [0.05, 0.1) is 23.8 Å². The Balaban J connectivity index is 1.91. The first-order valence-corrected chi connectivity index (χ1v) is 8.15. The lowest BCUT2D eigenvalue weighted by Gasteiger charge is -2.38. The lowest BCUT2D eigenvalue weighted by Crippen LogP contribution is -2.44. The molecule has 0 saturated carbocycles. The fourth-order valence-electron chi connectivity index (χ4n) is 2.89. The van der Waals surface area contributed by atoms with E-state index < -0.39 is 11.0 Å². The van der Waals surface area contributed by atoms with Gasteiger partial charge in [-0.2, -0.15) is 0 Å². The van der Waals surface area contributed by atoms with Crippen LogP contribution in [0.3, 0.4) is 0 Å². The predicted molar refractivity (Wildman–Crippen MR) is 90.5 cm³/mol. The fraction of sp³-hybridized carbons (Fsp3) is 0.333. The molecule has 0 radical (unpaired) electrons. The van der Waals surface area contributed by atoms with Crippen LogP contribution in [0.15, 0.2) is 30.5 Å². The number of anilines is 2. The van der Waals surface area contributed by atoms with Gasteiger partial charge < -0.3 is 10.1 Å². The average Bonchev–Trinajstić information content (AvgIpc) is 3.03. The van der Waals surface area contributed by atoms with E-state index in [9.17, 15) is 14.9 Å². The Hall–Kier alpha value is -2.68. The van der Waals surface area contributed by atoms with E-state index in [1.807, 2.05) is 31.2 Å². The van der Waals surface area contributed by atoms with Crippen LogP contribution in [-0.2, 0) is 4.74 Å². The van der Waals surface area contributed by atoms with Crippen LogP contribution < -0.4 is 10.2 Å². The monoisotopic (exact) mass is 348 g/mol. The van der Waals surface area contributed by atoms with Crippen molar-refractivity contribution in [1.29, 1.82) is 0 Å².